The van der Waals surface area contributed by atoms with Crippen molar-refractivity contribution in [1.29, 1.82) is 0 Å². The number of carbonyl (C=O) groups excluding carboxylic acids is 2. The number of nitrogens with two attached hydrogens (primary N) is 1. The van der Waals surface area contributed by atoms with Crippen LogP contribution in [0.1, 0.15) is 20.7 Å². The molecule has 5 heteroatoms. The highest BCUT2D eigenvalue weighted by molar-refractivity contribution is 9.10. The van der Waals surface area contributed by atoms with Crippen LogP contribution in [0.5, 0.6) is 0 Å². The first-order chi connectivity index (χ1) is 9.08. The van der Waals surface area contributed by atoms with Gasteiger partial charge in [0.1, 0.15) is 0 Å². The summed E-state index contributed by atoms with van der Waals surface area (Å²) in [4.78, 5) is 23.1. The van der Waals surface area contributed by atoms with Crippen molar-refractivity contribution < 1.29 is 9.59 Å². The lowest BCUT2D eigenvalue weighted by Crippen LogP contribution is -2.14. The van der Waals surface area contributed by atoms with E-state index in [0.29, 0.717) is 21.3 Å². The van der Waals surface area contributed by atoms with Gasteiger partial charge in [-0.15, -0.1) is 0 Å². The lowest BCUT2D eigenvalue weighted by molar-refractivity contribution is 0.0996. The minimum Gasteiger partial charge on any atom is -0.366 e. The zero-order chi connectivity index (χ0) is 13.8. The predicted octanol–water partition coefficient (Wildman–Crippen LogP) is 2.80. The van der Waals surface area contributed by atoms with Crippen LogP contribution in [-0.4, -0.2) is 11.8 Å². The first-order valence-electron chi connectivity index (χ1n) is 5.53. The molecule has 0 aliphatic heterocycles. The summed E-state index contributed by atoms with van der Waals surface area (Å²) in [6.07, 6.45) is 0. The normalized spacial score (nSPS) is 9.95. The van der Waals surface area contributed by atoms with E-state index < -0.39 is 5.91 Å². The Balaban J connectivity index is 2.22. The summed E-state index contributed by atoms with van der Waals surface area (Å²) in [5.74, 6) is -0.786. The zero-order valence-corrected chi connectivity index (χ0v) is 11.5. The van der Waals surface area contributed by atoms with Crippen LogP contribution in [0.15, 0.2) is 53.0 Å². The van der Waals surface area contributed by atoms with Gasteiger partial charge in [0, 0.05) is 15.7 Å². The molecule has 2 aromatic carbocycles. The van der Waals surface area contributed by atoms with Gasteiger partial charge in [-0.25, -0.2) is 0 Å². The largest absolute Gasteiger partial charge is 0.366 e. The SMILES string of the molecule is NC(=O)c1cccc(NC(=O)c2ccccc2Br)c1. The molecule has 19 heavy (non-hydrogen) atoms. The molecule has 0 aliphatic rings. The van der Waals surface area contributed by atoms with Crippen molar-refractivity contribution in [1.82, 2.24) is 0 Å². The van der Waals surface area contributed by atoms with E-state index in [1.54, 1.807) is 36.4 Å². The molecule has 0 aromatic heterocycles. The quantitative estimate of drug-likeness (QED) is 0.913. The molecule has 0 saturated heterocycles. The number of hydrogen-bond acceptors (Lipinski definition) is 2. The number of rotatable bonds is 3. The fraction of sp³-hybridized carbons (Fsp3) is 0. The van der Waals surface area contributed by atoms with Crippen LogP contribution in [0.4, 0.5) is 5.69 Å². The summed E-state index contributed by atoms with van der Waals surface area (Å²) < 4.78 is 0.707. The van der Waals surface area contributed by atoms with E-state index in [1.165, 1.54) is 6.07 Å². The number of benzene rings is 2. The van der Waals surface area contributed by atoms with Gasteiger partial charge in [-0.05, 0) is 46.3 Å². The summed E-state index contributed by atoms with van der Waals surface area (Å²) in [7, 11) is 0. The molecule has 0 fully saturated rings. The Morgan fingerprint density at radius 2 is 1.79 bits per heavy atom. The van der Waals surface area contributed by atoms with E-state index in [1.807, 2.05) is 6.07 Å². The highest BCUT2D eigenvalue weighted by Gasteiger charge is 2.10. The molecular formula is C14H11BrN2O2. The maximum absolute atomic E-state index is 12.1. The highest BCUT2D eigenvalue weighted by Crippen LogP contribution is 2.18. The Morgan fingerprint density at radius 1 is 1.05 bits per heavy atom. The van der Waals surface area contributed by atoms with Crippen LogP contribution < -0.4 is 11.1 Å². The van der Waals surface area contributed by atoms with Crippen molar-refractivity contribution >= 4 is 33.4 Å². The Bertz CT molecular complexity index is 641. The van der Waals surface area contributed by atoms with Gasteiger partial charge in [-0.2, -0.15) is 0 Å². The van der Waals surface area contributed by atoms with Crippen LogP contribution in [0.3, 0.4) is 0 Å². The van der Waals surface area contributed by atoms with Gasteiger partial charge in [-0.3, -0.25) is 9.59 Å². The third-order valence-corrected chi connectivity index (χ3v) is 3.21. The van der Waals surface area contributed by atoms with Gasteiger partial charge in [0.05, 0.1) is 5.56 Å². The maximum atomic E-state index is 12.1. The molecule has 0 saturated carbocycles. The topological polar surface area (TPSA) is 72.2 Å². The third-order valence-electron chi connectivity index (χ3n) is 2.52. The molecular weight excluding hydrogens is 308 g/mol. The number of carbonyl (C=O) groups is 2. The van der Waals surface area contributed by atoms with Gasteiger partial charge < -0.3 is 11.1 Å². The van der Waals surface area contributed by atoms with Crippen molar-refractivity contribution in [2.45, 2.75) is 0 Å². The molecule has 0 spiro atoms. The van der Waals surface area contributed by atoms with E-state index in [9.17, 15) is 9.59 Å². The van der Waals surface area contributed by atoms with Crippen LogP contribution in [0, 0.1) is 0 Å². The van der Waals surface area contributed by atoms with Crippen molar-refractivity contribution in [2.75, 3.05) is 5.32 Å². The molecule has 0 bridgehead atoms. The molecule has 3 N–H and O–H groups in total. The van der Waals surface area contributed by atoms with Crippen LogP contribution in [0.25, 0.3) is 0 Å². The van der Waals surface area contributed by atoms with E-state index in [4.69, 9.17) is 5.73 Å². The number of hydrogen-bond donors (Lipinski definition) is 2. The number of amides is 2. The second-order valence-electron chi connectivity index (χ2n) is 3.88. The molecule has 4 nitrogen and oxygen atoms in total. The van der Waals surface area contributed by atoms with Crippen LogP contribution >= 0.6 is 15.9 Å². The third kappa shape index (κ3) is 3.20. The molecule has 2 aromatic rings. The first kappa shape index (κ1) is 13.3. The number of nitrogens with one attached hydrogen (secondary N) is 1. The van der Waals surface area contributed by atoms with Crippen molar-refractivity contribution in [3.05, 3.63) is 64.1 Å². The predicted molar refractivity (Wildman–Crippen MR) is 77.1 cm³/mol. The lowest BCUT2D eigenvalue weighted by atomic mass is 10.1. The van der Waals surface area contributed by atoms with E-state index in [-0.39, 0.29) is 5.91 Å². The second-order valence-corrected chi connectivity index (χ2v) is 4.73. The van der Waals surface area contributed by atoms with E-state index in [2.05, 4.69) is 21.2 Å². The molecule has 0 atom stereocenters. The molecule has 2 rings (SSSR count). The maximum Gasteiger partial charge on any atom is 0.256 e. The van der Waals surface area contributed by atoms with Crippen LogP contribution in [0.2, 0.25) is 0 Å². The lowest BCUT2D eigenvalue weighted by Gasteiger charge is -2.07. The fourth-order valence-electron chi connectivity index (χ4n) is 1.59. The molecule has 0 unspecified atom stereocenters. The number of halogens is 1. The summed E-state index contributed by atoms with van der Waals surface area (Å²) in [5, 5.41) is 2.72. The van der Waals surface area contributed by atoms with Crippen LogP contribution in [-0.2, 0) is 0 Å². The summed E-state index contributed by atoms with van der Waals surface area (Å²) in [6, 6.07) is 13.6. The standard InChI is InChI=1S/C14H11BrN2O2/c15-12-7-2-1-6-11(12)14(19)17-10-5-3-4-9(8-10)13(16)18/h1-8H,(H2,16,18)(H,17,19). The Morgan fingerprint density at radius 3 is 2.47 bits per heavy atom. The Kier molecular flexibility index (Phi) is 3.97. The summed E-state index contributed by atoms with van der Waals surface area (Å²) in [5.41, 5.74) is 6.59. The Hall–Kier alpha value is -2.14. The second kappa shape index (κ2) is 5.67. The first-order valence-corrected chi connectivity index (χ1v) is 6.33. The molecule has 0 radical (unpaired) electrons. The fourth-order valence-corrected chi connectivity index (χ4v) is 2.06. The van der Waals surface area contributed by atoms with Crippen molar-refractivity contribution in [2.24, 2.45) is 5.73 Å². The van der Waals surface area contributed by atoms with E-state index >= 15 is 0 Å². The molecule has 96 valence electrons. The van der Waals surface area contributed by atoms with Gasteiger partial charge in [0.2, 0.25) is 5.91 Å². The molecule has 2 amide bonds. The van der Waals surface area contributed by atoms with E-state index in [0.717, 1.165) is 0 Å². The monoisotopic (exact) mass is 318 g/mol. The zero-order valence-electron chi connectivity index (χ0n) is 9.89. The average molecular weight is 319 g/mol. The van der Waals surface area contributed by atoms with Gasteiger partial charge in [-0.1, -0.05) is 18.2 Å². The average Bonchev–Trinajstić information content (AvgIpc) is 2.39. The van der Waals surface area contributed by atoms with Gasteiger partial charge in [0.15, 0.2) is 0 Å². The van der Waals surface area contributed by atoms with Crippen molar-refractivity contribution in [3.8, 4) is 0 Å². The molecule has 0 aliphatic carbocycles. The summed E-state index contributed by atoms with van der Waals surface area (Å²) >= 11 is 3.31. The summed E-state index contributed by atoms with van der Waals surface area (Å²) in [6.45, 7) is 0. The smallest absolute Gasteiger partial charge is 0.256 e. The molecule has 0 heterocycles. The van der Waals surface area contributed by atoms with Gasteiger partial charge >= 0.3 is 0 Å². The minimum atomic E-state index is -0.531. The number of anilines is 1. The Labute approximate surface area is 118 Å². The van der Waals surface area contributed by atoms with Gasteiger partial charge in [0.25, 0.3) is 5.91 Å². The number of primary amides is 1. The highest BCUT2D eigenvalue weighted by atomic mass is 79.9. The minimum absolute atomic E-state index is 0.255. The van der Waals surface area contributed by atoms with Crippen molar-refractivity contribution in [3.63, 3.8) is 0 Å².